The minimum absolute atomic E-state index is 0.303. The van der Waals surface area contributed by atoms with Crippen molar-refractivity contribution >= 4 is 0 Å². The van der Waals surface area contributed by atoms with Gasteiger partial charge in [-0.25, -0.2) is 8.78 Å². The summed E-state index contributed by atoms with van der Waals surface area (Å²) in [5.41, 5.74) is 3.85. The van der Waals surface area contributed by atoms with E-state index >= 15 is 0 Å². The number of aryl methyl sites for hydroxylation is 2. The van der Waals surface area contributed by atoms with E-state index in [9.17, 15) is 8.78 Å². The number of aromatic nitrogens is 1. The molecule has 0 amide bonds. The quantitative estimate of drug-likeness (QED) is 0.639. The third-order valence-electron chi connectivity index (χ3n) is 5.24. The van der Waals surface area contributed by atoms with Gasteiger partial charge in [-0.3, -0.25) is 4.90 Å². The summed E-state index contributed by atoms with van der Waals surface area (Å²) < 4.78 is 30.8. The van der Waals surface area contributed by atoms with E-state index in [-0.39, 0.29) is 11.9 Å². The summed E-state index contributed by atoms with van der Waals surface area (Å²) in [6, 6.07) is 15.7. The summed E-state index contributed by atoms with van der Waals surface area (Å²) in [7, 11) is 0. The van der Waals surface area contributed by atoms with Crippen molar-refractivity contribution in [1.29, 1.82) is 0 Å². The first-order chi connectivity index (χ1) is 12.6. The first-order valence-electron chi connectivity index (χ1n) is 9.02. The highest BCUT2D eigenvalue weighted by atomic mass is 19.1. The lowest BCUT2D eigenvalue weighted by Crippen LogP contribution is -2.30. The normalized spacial score (nSPS) is 17.7. The molecule has 0 radical (unpaired) electrons. The van der Waals surface area contributed by atoms with Crippen LogP contribution < -0.4 is 0 Å². The Morgan fingerprint density at radius 2 is 1.85 bits per heavy atom. The topological polar surface area (TPSA) is 8.17 Å². The second-order valence-corrected chi connectivity index (χ2v) is 6.95. The van der Waals surface area contributed by atoms with Gasteiger partial charge in [0, 0.05) is 37.1 Å². The van der Waals surface area contributed by atoms with E-state index < -0.39 is 5.82 Å². The minimum Gasteiger partial charge on any atom is -0.350 e. The Balaban J connectivity index is 1.81. The number of halogens is 2. The smallest absolute Gasteiger partial charge is 0.128 e. The van der Waals surface area contributed by atoms with Crippen molar-refractivity contribution < 1.29 is 8.78 Å². The zero-order chi connectivity index (χ0) is 18.1. The standard InChI is InChI=1S/C22H22F2N2/c1-16-6-2-3-7-17(16)15-26-13-5-12-25-11-4-8-21(25)22(26)19-14-18(23)9-10-20(19)24/h2-4,6-11,14,22H,5,12-13,15H2,1H3. The van der Waals surface area contributed by atoms with Crippen LogP contribution in [-0.2, 0) is 13.1 Å². The molecule has 2 aromatic carbocycles. The molecule has 0 saturated heterocycles. The van der Waals surface area contributed by atoms with Crippen LogP contribution in [0.3, 0.4) is 0 Å². The summed E-state index contributed by atoms with van der Waals surface area (Å²) in [5, 5.41) is 0. The summed E-state index contributed by atoms with van der Waals surface area (Å²) in [6.07, 6.45) is 3.00. The molecule has 1 aromatic heterocycles. The van der Waals surface area contributed by atoms with Crippen LogP contribution in [0, 0.1) is 18.6 Å². The molecule has 0 bridgehead atoms. The van der Waals surface area contributed by atoms with Gasteiger partial charge in [0.1, 0.15) is 11.6 Å². The largest absolute Gasteiger partial charge is 0.350 e. The molecule has 4 heteroatoms. The Morgan fingerprint density at radius 1 is 1.00 bits per heavy atom. The first-order valence-corrected chi connectivity index (χ1v) is 9.02. The zero-order valence-electron chi connectivity index (χ0n) is 14.8. The molecule has 134 valence electrons. The fraction of sp³-hybridized carbons (Fsp3) is 0.273. The van der Waals surface area contributed by atoms with Gasteiger partial charge in [0.05, 0.1) is 6.04 Å². The van der Waals surface area contributed by atoms with Gasteiger partial charge in [0.2, 0.25) is 0 Å². The van der Waals surface area contributed by atoms with E-state index in [4.69, 9.17) is 0 Å². The zero-order valence-corrected chi connectivity index (χ0v) is 14.8. The molecular weight excluding hydrogens is 330 g/mol. The summed E-state index contributed by atoms with van der Waals surface area (Å²) >= 11 is 0. The SMILES string of the molecule is Cc1ccccc1CN1CCCn2cccc2C1c1cc(F)ccc1F. The predicted molar refractivity (Wildman–Crippen MR) is 98.8 cm³/mol. The summed E-state index contributed by atoms with van der Waals surface area (Å²) in [5.74, 6) is -0.763. The van der Waals surface area contributed by atoms with E-state index in [2.05, 4.69) is 28.5 Å². The highest BCUT2D eigenvalue weighted by Gasteiger charge is 2.30. The van der Waals surface area contributed by atoms with Crippen molar-refractivity contribution in [3.8, 4) is 0 Å². The van der Waals surface area contributed by atoms with Crippen molar-refractivity contribution in [1.82, 2.24) is 9.47 Å². The Hall–Kier alpha value is -2.46. The van der Waals surface area contributed by atoms with Crippen molar-refractivity contribution in [3.63, 3.8) is 0 Å². The molecule has 0 saturated carbocycles. The van der Waals surface area contributed by atoms with Crippen molar-refractivity contribution in [2.75, 3.05) is 6.54 Å². The van der Waals surface area contributed by atoms with Gasteiger partial charge in [-0.1, -0.05) is 24.3 Å². The molecule has 0 N–H and O–H groups in total. The van der Waals surface area contributed by atoms with Gasteiger partial charge < -0.3 is 4.57 Å². The maximum absolute atomic E-state index is 14.7. The monoisotopic (exact) mass is 352 g/mol. The van der Waals surface area contributed by atoms with Crippen molar-refractivity contribution in [3.05, 3.63) is 94.8 Å². The average Bonchev–Trinajstić information content (AvgIpc) is 3.01. The maximum Gasteiger partial charge on any atom is 0.128 e. The third-order valence-corrected chi connectivity index (χ3v) is 5.24. The van der Waals surface area contributed by atoms with Gasteiger partial charge in [0.25, 0.3) is 0 Å². The van der Waals surface area contributed by atoms with Crippen LogP contribution >= 0.6 is 0 Å². The Kier molecular flexibility index (Phi) is 4.60. The first kappa shape index (κ1) is 17.0. The highest BCUT2D eigenvalue weighted by Crippen LogP contribution is 2.35. The van der Waals surface area contributed by atoms with Crippen molar-refractivity contribution in [2.45, 2.75) is 32.5 Å². The summed E-state index contributed by atoms with van der Waals surface area (Å²) in [6.45, 7) is 4.52. The van der Waals surface area contributed by atoms with Gasteiger partial charge in [-0.05, 0) is 54.8 Å². The molecular formula is C22H22F2N2. The highest BCUT2D eigenvalue weighted by molar-refractivity contribution is 5.33. The van der Waals surface area contributed by atoms with Crippen LogP contribution in [-0.4, -0.2) is 16.0 Å². The van der Waals surface area contributed by atoms with Gasteiger partial charge >= 0.3 is 0 Å². The lowest BCUT2D eigenvalue weighted by Gasteiger charge is -2.31. The van der Waals surface area contributed by atoms with Crippen LogP contribution in [0.15, 0.2) is 60.8 Å². The molecule has 1 aliphatic heterocycles. The van der Waals surface area contributed by atoms with E-state index in [1.807, 2.05) is 30.5 Å². The molecule has 3 aromatic rings. The fourth-order valence-corrected chi connectivity index (χ4v) is 3.90. The number of hydrogen-bond acceptors (Lipinski definition) is 1. The fourth-order valence-electron chi connectivity index (χ4n) is 3.90. The molecule has 0 spiro atoms. The molecule has 2 nitrogen and oxygen atoms in total. The molecule has 1 unspecified atom stereocenters. The molecule has 4 rings (SSSR count). The van der Waals surface area contributed by atoms with Crippen LogP contribution in [0.5, 0.6) is 0 Å². The second-order valence-electron chi connectivity index (χ2n) is 6.95. The second kappa shape index (κ2) is 7.04. The van der Waals surface area contributed by atoms with Crippen LogP contribution in [0.4, 0.5) is 8.78 Å². The molecule has 0 aliphatic carbocycles. The van der Waals surface area contributed by atoms with Gasteiger partial charge in [-0.15, -0.1) is 0 Å². The Morgan fingerprint density at radius 3 is 2.69 bits per heavy atom. The molecule has 2 heterocycles. The van der Waals surface area contributed by atoms with Gasteiger partial charge in [-0.2, -0.15) is 0 Å². The molecule has 0 fully saturated rings. The maximum atomic E-state index is 14.7. The number of benzene rings is 2. The molecule has 1 atom stereocenters. The number of fused-ring (bicyclic) bond motifs is 1. The van der Waals surface area contributed by atoms with Gasteiger partial charge in [0.15, 0.2) is 0 Å². The van der Waals surface area contributed by atoms with Crippen LogP contribution in [0.1, 0.15) is 34.8 Å². The Labute approximate surface area is 152 Å². The van der Waals surface area contributed by atoms with E-state index in [0.29, 0.717) is 12.1 Å². The average molecular weight is 352 g/mol. The molecule has 26 heavy (non-hydrogen) atoms. The van der Waals surface area contributed by atoms with E-state index in [0.717, 1.165) is 25.2 Å². The van der Waals surface area contributed by atoms with Crippen molar-refractivity contribution in [2.24, 2.45) is 0 Å². The number of nitrogens with zero attached hydrogens (tertiary/aromatic N) is 2. The number of hydrogen-bond donors (Lipinski definition) is 0. The lowest BCUT2D eigenvalue weighted by atomic mass is 9.99. The van der Waals surface area contributed by atoms with Crippen LogP contribution in [0.25, 0.3) is 0 Å². The summed E-state index contributed by atoms with van der Waals surface area (Å²) in [4.78, 5) is 2.26. The number of rotatable bonds is 3. The predicted octanol–water partition coefficient (Wildman–Crippen LogP) is 5.07. The van der Waals surface area contributed by atoms with E-state index in [1.54, 1.807) is 0 Å². The molecule has 1 aliphatic rings. The lowest BCUT2D eigenvalue weighted by molar-refractivity contribution is 0.215. The van der Waals surface area contributed by atoms with Crippen LogP contribution in [0.2, 0.25) is 0 Å². The minimum atomic E-state index is -0.403. The third kappa shape index (κ3) is 3.17. The van der Waals surface area contributed by atoms with E-state index in [1.165, 1.54) is 29.3 Å². The Bertz CT molecular complexity index is 916.